The van der Waals surface area contributed by atoms with Crippen molar-refractivity contribution in [1.29, 1.82) is 0 Å². The van der Waals surface area contributed by atoms with Crippen LogP contribution in [0.1, 0.15) is 18.2 Å². The standard InChI is InChI=1S/C20H17ClFN3O4/c1-27-13-4-5-14(17(9-13)28-2)20-23-19(24-29-20)11-7-18(26)25(10-11)12-3-6-16(22)15(21)8-12/h3-6,8-9,11H,7,10H2,1-2H3/t11-/m0/s1. The van der Waals surface area contributed by atoms with Crippen molar-refractivity contribution in [2.24, 2.45) is 0 Å². The van der Waals surface area contributed by atoms with Crippen molar-refractivity contribution in [3.8, 4) is 23.0 Å². The Morgan fingerprint density at radius 2 is 2.03 bits per heavy atom. The molecule has 0 radical (unpaired) electrons. The summed E-state index contributed by atoms with van der Waals surface area (Å²) in [6.07, 6.45) is 0.216. The van der Waals surface area contributed by atoms with E-state index >= 15 is 0 Å². The molecule has 150 valence electrons. The van der Waals surface area contributed by atoms with Crippen LogP contribution in [0.25, 0.3) is 11.5 Å². The SMILES string of the molecule is COc1ccc(-c2nc([C@H]3CC(=O)N(c4ccc(F)c(Cl)c4)C3)no2)c(OC)c1. The molecule has 1 atom stereocenters. The number of ether oxygens (including phenoxy) is 2. The summed E-state index contributed by atoms with van der Waals surface area (Å²) in [5.74, 6) is 0.969. The number of methoxy groups -OCH3 is 2. The third kappa shape index (κ3) is 3.63. The maximum atomic E-state index is 13.4. The summed E-state index contributed by atoms with van der Waals surface area (Å²) in [5.41, 5.74) is 1.16. The van der Waals surface area contributed by atoms with Gasteiger partial charge < -0.3 is 18.9 Å². The zero-order valence-electron chi connectivity index (χ0n) is 15.7. The monoisotopic (exact) mass is 417 g/mol. The lowest BCUT2D eigenvalue weighted by molar-refractivity contribution is -0.117. The van der Waals surface area contributed by atoms with Crippen LogP contribution in [-0.4, -0.2) is 36.8 Å². The Labute approximate surface area is 171 Å². The number of benzene rings is 2. The molecule has 2 aromatic carbocycles. The van der Waals surface area contributed by atoms with Crippen molar-refractivity contribution in [2.45, 2.75) is 12.3 Å². The molecule has 0 N–H and O–H groups in total. The van der Waals surface area contributed by atoms with Gasteiger partial charge in [-0.2, -0.15) is 4.98 Å². The number of anilines is 1. The Hall–Kier alpha value is -3.13. The average molecular weight is 418 g/mol. The largest absolute Gasteiger partial charge is 0.497 e. The van der Waals surface area contributed by atoms with Crippen molar-refractivity contribution in [3.05, 3.63) is 53.1 Å². The molecule has 0 bridgehead atoms. The van der Waals surface area contributed by atoms with Crippen LogP contribution >= 0.6 is 11.6 Å². The Morgan fingerprint density at radius 3 is 2.76 bits per heavy atom. The van der Waals surface area contributed by atoms with E-state index < -0.39 is 5.82 Å². The molecular formula is C20H17ClFN3O4. The molecule has 4 rings (SSSR count). The minimum Gasteiger partial charge on any atom is -0.497 e. The zero-order chi connectivity index (χ0) is 20.5. The normalized spacial score (nSPS) is 16.3. The molecule has 1 amide bonds. The Morgan fingerprint density at radius 1 is 1.21 bits per heavy atom. The fraction of sp³-hybridized carbons (Fsp3) is 0.250. The molecule has 0 spiro atoms. The van der Waals surface area contributed by atoms with E-state index in [4.69, 9.17) is 25.6 Å². The highest BCUT2D eigenvalue weighted by Gasteiger charge is 2.35. The third-order valence-electron chi connectivity index (χ3n) is 4.79. The summed E-state index contributed by atoms with van der Waals surface area (Å²) < 4.78 is 29.4. The molecule has 9 heteroatoms. The average Bonchev–Trinajstić information content (AvgIpc) is 3.36. The predicted molar refractivity (Wildman–Crippen MR) is 104 cm³/mol. The van der Waals surface area contributed by atoms with Gasteiger partial charge in [-0.1, -0.05) is 16.8 Å². The van der Waals surface area contributed by atoms with E-state index in [1.54, 1.807) is 30.2 Å². The third-order valence-corrected chi connectivity index (χ3v) is 5.08. The predicted octanol–water partition coefficient (Wildman–Crippen LogP) is 4.07. The maximum absolute atomic E-state index is 13.4. The summed E-state index contributed by atoms with van der Waals surface area (Å²) >= 11 is 5.84. The highest BCUT2D eigenvalue weighted by molar-refractivity contribution is 6.31. The van der Waals surface area contributed by atoms with Gasteiger partial charge in [0.2, 0.25) is 5.91 Å². The van der Waals surface area contributed by atoms with E-state index in [9.17, 15) is 9.18 Å². The smallest absolute Gasteiger partial charge is 0.261 e. The number of carbonyl (C=O) groups excluding carboxylic acids is 1. The number of halogens is 2. The van der Waals surface area contributed by atoms with Gasteiger partial charge >= 0.3 is 0 Å². The maximum Gasteiger partial charge on any atom is 0.261 e. The molecule has 3 aromatic rings. The van der Waals surface area contributed by atoms with Gasteiger partial charge in [0.15, 0.2) is 5.82 Å². The molecule has 29 heavy (non-hydrogen) atoms. The molecule has 1 aliphatic rings. The van der Waals surface area contributed by atoms with Gasteiger partial charge in [-0.15, -0.1) is 0 Å². The first-order chi connectivity index (χ1) is 14.0. The second-order valence-corrected chi connectivity index (χ2v) is 6.93. The molecule has 7 nitrogen and oxygen atoms in total. The van der Waals surface area contributed by atoms with Gasteiger partial charge in [0.25, 0.3) is 5.89 Å². The summed E-state index contributed by atoms with van der Waals surface area (Å²) in [5, 5.41) is 4.01. The van der Waals surface area contributed by atoms with Gasteiger partial charge in [0, 0.05) is 30.6 Å². The Kier molecular flexibility index (Phi) is 5.10. The van der Waals surface area contributed by atoms with E-state index in [0.29, 0.717) is 35.1 Å². The first kappa shape index (κ1) is 19.2. The van der Waals surface area contributed by atoms with Crippen LogP contribution in [0.3, 0.4) is 0 Å². The van der Waals surface area contributed by atoms with Gasteiger partial charge in [0.1, 0.15) is 17.3 Å². The van der Waals surface area contributed by atoms with Crippen molar-refractivity contribution >= 4 is 23.2 Å². The van der Waals surface area contributed by atoms with Crippen LogP contribution in [0, 0.1) is 5.82 Å². The lowest BCUT2D eigenvalue weighted by atomic mass is 10.1. The molecule has 1 aromatic heterocycles. The van der Waals surface area contributed by atoms with Gasteiger partial charge in [0.05, 0.1) is 24.8 Å². The zero-order valence-corrected chi connectivity index (χ0v) is 16.4. The molecule has 2 heterocycles. The Bertz CT molecular complexity index is 1070. The van der Waals surface area contributed by atoms with Crippen molar-refractivity contribution in [2.75, 3.05) is 25.7 Å². The molecule has 1 fully saturated rings. The lowest BCUT2D eigenvalue weighted by Gasteiger charge is -2.16. The molecule has 0 saturated carbocycles. The summed E-state index contributed by atoms with van der Waals surface area (Å²) in [4.78, 5) is 18.5. The second-order valence-electron chi connectivity index (χ2n) is 6.53. The van der Waals surface area contributed by atoms with Gasteiger partial charge in [-0.3, -0.25) is 4.79 Å². The summed E-state index contributed by atoms with van der Waals surface area (Å²) in [6, 6.07) is 9.44. The second kappa shape index (κ2) is 7.71. The minimum absolute atomic E-state index is 0.0350. The highest BCUT2D eigenvalue weighted by atomic mass is 35.5. The molecule has 1 aliphatic heterocycles. The summed E-state index contributed by atoms with van der Waals surface area (Å²) in [7, 11) is 3.10. The van der Waals surface area contributed by atoms with E-state index in [1.807, 2.05) is 0 Å². The van der Waals surface area contributed by atoms with Crippen LogP contribution in [0.4, 0.5) is 10.1 Å². The van der Waals surface area contributed by atoms with Crippen LogP contribution < -0.4 is 14.4 Å². The van der Waals surface area contributed by atoms with Crippen LogP contribution in [0.15, 0.2) is 40.9 Å². The number of hydrogen-bond donors (Lipinski definition) is 0. The topological polar surface area (TPSA) is 77.7 Å². The van der Waals surface area contributed by atoms with E-state index in [1.165, 1.54) is 25.3 Å². The highest BCUT2D eigenvalue weighted by Crippen LogP contribution is 2.35. The molecule has 1 saturated heterocycles. The Balaban J connectivity index is 1.57. The lowest BCUT2D eigenvalue weighted by Crippen LogP contribution is -2.24. The van der Waals surface area contributed by atoms with E-state index in [2.05, 4.69) is 10.1 Å². The fourth-order valence-electron chi connectivity index (χ4n) is 3.27. The van der Waals surface area contributed by atoms with E-state index in [-0.39, 0.29) is 29.2 Å². The van der Waals surface area contributed by atoms with Crippen LogP contribution in [0.2, 0.25) is 5.02 Å². The van der Waals surface area contributed by atoms with Gasteiger partial charge in [-0.05, 0) is 30.3 Å². The number of hydrogen-bond acceptors (Lipinski definition) is 6. The fourth-order valence-corrected chi connectivity index (χ4v) is 3.44. The molecular weight excluding hydrogens is 401 g/mol. The first-order valence-corrected chi connectivity index (χ1v) is 9.19. The number of carbonyl (C=O) groups is 1. The number of aromatic nitrogens is 2. The quantitative estimate of drug-likeness (QED) is 0.622. The van der Waals surface area contributed by atoms with Crippen molar-refractivity contribution in [1.82, 2.24) is 10.1 Å². The molecule has 0 unspecified atom stereocenters. The number of amides is 1. The molecule has 0 aliphatic carbocycles. The van der Waals surface area contributed by atoms with Crippen molar-refractivity contribution in [3.63, 3.8) is 0 Å². The minimum atomic E-state index is -0.533. The first-order valence-electron chi connectivity index (χ1n) is 8.81. The number of rotatable bonds is 5. The number of nitrogens with zero attached hydrogens (tertiary/aromatic N) is 3. The van der Waals surface area contributed by atoms with Gasteiger partial charge in [-0.25, -0.2) is 4.39 Å². The van der Waals surface area contributed by atoms with E-state index in [0.717, 1.165) is 0 Å². The van der Waals surface area contributed by atoms with Crippen LogP contribution in [0.5, 0.6) is 11.5 Å². The van der Waals surface area contributed by atoms with Crippen LogP contribution in [-0.2, 0) is 4.79 Å². The summed E-state index contributed by atoms with van der Waals surface area (Å²) in [6.45, 7) is 0.347. The van der Waals surface area contributed by atoms with Crippen molar-refractivity contribution < 1.29 is 23.2 Å².